The van der Waals surface area contributed by atoms with Gasteiger partial charge in [0, 0.05) is 36.4 Å². The lowest BCUT2D eigenvalue weighted by molar-refractivity contribution is 0.0810. The molecule has 0 aliphatic heterocycles. The molecule has 17 heavy (non-hydrogen) atoms. The third kappa shape index (κ3) is 3.07. The Kier molecular flexibility index (Phi) is 4.18. The SMILES string of the molecule is Cc1[nH]ncc1CNCC1(CO)CCCCC1. The first-order valence-corrected chi connectivity index (χ1v) is 6.56. The molecule has 96 valence electrons. The third-order valence-electron chi connectivity index (χ3n) is 4.00. The van der Waals surface area contributed by atoms with Crippen LogP contribution in [0.5, 0.6) is 0 Å². The number of aromatic nitrogens is 2. The van der Waals surface area contributed by atoms with Crippen molar-refractivity contribution in [2.45, 2.75) is 45.6 Å². The molecule has 0 amide bonds. The zero-order chi connectivity index (χ0) is 12.1. The Bertz CT molecular complexity index is 342. The van der Waals surface area contributed by atoms with Gasteiger partial charge in [0.25, 0.3) is 0 Å². The van der Waals surface area contributed by atoms with E-state index in [0.29, 0.717) is 6.61 Å². The normalized spacial score (nSPS) is 19.4. The van der Waals surface area contributed by atoms with Crippen LogP contribution in [0.2, 0.25) is 0 Å². The molecule has 0 atom stereocenters. The number of aryl methyl sites for hydroxylation is 1. The number of hydrogen-bond donors (Lipinski definition) is 3. The summed E-state index contributed by atoms with van der Waals surface area (Å²) in [5, 5.41) is 20.0. The molecule has 1 fully saturated rings. The van der Waals surface area contributed by atoms with Gasteiger partial charge in [0.2, 0.25) is 0 Å². The van der Waals surface area contributed by atoms with Gasteiger partial charge in [0.1, 0.15) is 0 Å². The number of aliphatic hydroxyl groups is 1. The van der Waals surface area contributed by atoms with Crippen LogP contribution in [0.3, 0.4) is 0 Å². The molecule has 0 saturated heterocycles. The smallest absolute Gasteiger partial charge is 0.0535 e. The number of nitrogens with one attached hydrogen (secondary N) is 2. The minimum absolute atomic E-state index is 0.121. The van der Waals surface area contributed by atoms with Crippen molar-refractivity contribution in [1.82, 2.24) is 15.5 Å². The summed E-state index contributed by atoms with van der Waals surface area (Å²) in [6, 6.07) is 0. The zero-order valence-corrected chi connectivity index (χ0v) is 10.6. The molecule has 0 bridgehead atoms. The minimum Gasteiger partial charge on any atom is -0.396 e. The fraction of sp³-hybridized carbons (Fsp3) is 0.769. The summed E-state index contributed by atoms with van der Waals surface area (Å²) in [7, 11) is 0. The molecule has 0 unspecified atom stereocenters. The van der Waals surface area contributed by atoms with Crippen LogP contribution in [0.15, 0.2) is 6.20 Å². The van der Waals surface area contributed by atoms with Crippen LogP contribution < -0.4 is 5.32 Å². The molecule has 1 saturated carbocycles. The number of aromatic amines is 1. The maximum absolute atomic E-state index is 9.59. The van der Waals surface area contributed by atoms with Crippen LogP contribution >= 0.6 is 0 Å². The van der Waals surface area contributed by atoms with Gasteiger partial charge in [-0.3, -0.25) is 5.10 Å². The highest BCUT2D eigenvalue weighted by Crippen LogP contribution is 2.35. The predicted octanol–water partition coefficient (Wildman–Crippen LogP) is 1.75. The van der Waals surface area contributed by atoms with Gasteiger partial charge >= 0.3 is 0 Å². The van der Waals surface area contributed by atoms with Crippen molar-refractivity contribution in [3.8, 4) is 0 Å². The van der Waals surface area contributed by atoms with E-state index in [0.717, 1.165) is 31.6 Å². The van der Waals surface area contributed by atoms with Crippen LogP contribution in [0.1, 0.15) is 43.4 Å². The molecule has 1 aliphatic rings. The topological polar surface area (TPSA) is 60.9 Å². The first-order chi connectivity index (χ1) is 8.26. The molecule has 0 aromatic carbocycles. The maximum atomic E-state index is 9.59. The Balaban J connectivity index is 1.82. The monoisotopic (exact) mass is 237 g/mol. The van der Waals surface area contributed by atoms with Gasteiger partial charge in [-0.05, 0) is 19.8 Å². The van der Waals surface area contributed by atoms with E-state index in [2.05, 4.69) is 15.5 Å². The predicted molar refractivity (Wildman–Crippen MR) is 67.6 cm³/mol. The number of rotatable bonds is 5. The van der Waals surface area contributed by atoms with E-state index in [-0.39, 0.29) is 5.41 Å². The fourth-order valence-electron chi connectivity index (χ4n) is 2.71. The van der Waals surface area contributed by atoms with Crippen molar-refractivity contribution in [3.63, 3.8) is 0 Å². The lowest BCUT2D eigenvalue weighted by atomic mass is 9.74. The average molecular weight is 237 g/mol. The summed E-state index contributed by atoms with van der Waals surface area (Å²) >= 11 is 0. The first kappa shape index (κ1) is 12.6. The van der Waals surface area contributed by atoms with Crippen LogP contribution in [-0.4, -0.2) is 28.5 Å². The van der Waals surface area contributed by atoms with E-state index in [9.17, 15) is 5.11 Å². The molecular formula is C13H23N3O. The number of hydrogen-bond acceptors (Lipinski definition) is 3. The summed E-state index contributed by atoms with van der Waals surface area (Å²) < 4.78 is 0. The molecule has 1 aliphatic carbocycles. The molecular weight excluding hydrogens is 214 g/mol. The molecule has 0 spiro atoms. The summed E-state index contributed by atoms with van der Waals surface area (Å²) in [4.78, 5) is 0. The van der Waals surface area contributed by atoms with Gasteiger partial charge in [0.15, 0.2) is 0 Å². The van der Waals surface area contributed by atoms with Crippen LogP contribution in [-0.2, 0) is 6.54 Å². The molecule has 1 heterocycles. The van der Waals surface area contributed by atoms with E-state index in [1.54, 1.807) is 0 Å². The molecule has 2 rings (SSSR count). The Morgan fingerprint density at radius 2 is 2.18 bits per heavy atom. The standard InChI is InChI=1S/C13H23N3O/c1-11-12(8-15-16-11)7-14-9-13(10-17)5-3-2-4-6-13/h8,14,17H,2-7,9-10H2,1H3,(H,15,16). The lowest BCUT2D eigenvalue weighted by Gasteiger charge is -2.35. The number of nitrogens with zero attached hydrogens (tertiary/aromatic N) is 1. The van der Waals surface area contributed by atoms with Gasteiger partial charge < -0.3 is 10.4 Å². The largest absolute Gasteiger partial charge is 0.396 e. The van der Waals surface area contributed by atoms with Gasteiger partial charge in [-0.1, -0.05) is 19.3 Å². The van der Waals surface area contributed by atoms with Crippen LogP contribution in [0, 0.1) is 12.3 Å². The Morgan fingerprint density at radius 1 is 1.41 bits per heavy atom. The molecule has 1 aromatic heterocycles. The van der Waals surface area contributed by atoms with E-state index < -0.39 is 0 Å². The third-order valence-corrected chi connectivity index (χ3v) is 4.00. The van der Waals surface area contributed by atoms with E-state index in [4.69, 9.17) is 0 Å². The van der Waals surface area contributed by atoms with Crippen LogP contribution in [0.4, 0.5) is 0 Å². The van der Waals surface area contributed by atoms with Crippen molar-refractivity contribution in [2.75, 3.05) is 13.2 Å². The van der Waals surface area contributed by atoms with Gasteiger partial charge in [0.05, 0.1) is 6.20 Å². The Morgan fingerprint density at radius 3 is 2.76 bits per heavy atom. The summed E-state index contributed by atoms with van der Waals surface area (Å²) in [5.74, 6) is 0. The maximum Gasteiger partial charge on any atom is 0.0535 e. The second-order valence-corrected chi connectivity index (χ2v) is 5.34. The quantitative estimate of drug-likeness (QED) is 0.731. The molecule has 0 radical (unpaired) electrons. The minimum atomic E-state index is 0.121. The van der Waals surface area contributed by atoms with Crippen molar-refractivity contribution in [3.05, 3.63) is 17.5 Å². The number of H-pyrrole nitrogens is 1. The summed E-state index contributed by atoms with van der Waals surface area (Å²) in [6.45, 7) is 4.09. The van der Waals surface area contributed by atoms with Gasteiger partial charge in [-0.2, -0.15) is 5.10 Å². The van der Waals surface area contributed by atoms with Gasteiger partial charge in [-0.25, -0.2) is 0 Å². The zero-order valence-electron chi connectivity index (χ0n) is 10.6. The molecule has 4 nitrogen and oxygen atoms in total. The summed E-state index contributed by atoms with van der Waals surface area (Å²) in [6.07, 6.45) is 8.01. The highest BCUT2D eigenvalue weighted by molar-refractivity contribution is 5.13. The van der Waals surface area contributed by atoms with Crippen molar-refractivity contribution in [1.29, 1.82) is 0 Å². The number of aliphatic hydroxyl groups excluding tert-OH is 1. The van der Waals surface area contributed by atoms with Crippen molar-refractivity contribution in [2.24, 2.45) is 5.41 Å². The average Bonchev–Trinajstić information content (AvgIpc) is 2.76. The van der Waals surface area contributed by atoms with Crippen molar-refractivity contribution >= 4 is 0 Å². The summed E-state index contributed by atoms with van der Waals surface area (Å²) in [5.41, 5.74) is 2.46. The van der Waals surface area contributed by atoms with Crippen molar-refractivity contribution < 1.29 is 5.11 Å². The van der Waals surface area contributed by atoms with E-state index in [1.807, 2.05) is 13.1 Å². The highest BCUT2D eigenvalue weighted by atomic mass is 16.3. The molecule has 4 heteroatoms. The second kappa shape index (κ2) is 5.65. The van der Waals surface area contributed by atoms with E-state index in [1.165, 1.54) is 24.8 Å². The second-order valence-electron chi connectivity index (χ2n) is 5.34. The Labute approximate surface area is 103 Å². The first-order valence-electron chi connectivity index (χ1n) is 6.56. The molecule has 3 N–H and O–H groups in total. The molecule has 1 aromatic rings. The highest BCUT2D eigenvalue weighted by Gasteiger charge is 2.30. The fourth-order valence-corrected chi connectivity index (χ4v) is 2.71. The van der Waals surface area contributed by atoms with Gasteiger partial charge in [-0.15, -0.1) is 0 Å². The Hall–Kier alpha value is -0.870. The van der Waals surface area contributed by atoms with E-state index >= 15 is 0 Å². The lowest BCUT2D eigenvalue weighted by Crippen LogP contribution is -2.38. The van der Waals surface area contributed by atoms with Crippen LogP contribution in [0.25, 0.3) is 0 Å².